The standard InChI is InChI=1S/C28H33F6N3O2/c1-19(20-14-22(27(29,30)31)16-23(15-20)28(32,33)34)39-18-26(21-8-4-2-5-9-21)11-10-24(17-35-26)36-25(38)37-12-6-3-7-13-37/h2,4-5,8-9,14-16,19,24,35H,3,6-7,10-13,17-18H2,1H3,(H,36,38)/t19?,24-,26?/m0/s1. The van der Waals surface area contributed by atoms with Crippen molar-refractivity contribution < 1.29 is 35.9 Å². The minimum atomic E-state index is -4.93. The maximum absolute atomic E-state index is 13.4. The number of alkyl halides is 6. The number of nitrogens with one attached hydrogen (secondary N) is 2. The van der Waals surface area contributed by atoms with E-state index in [2.05, 4.69) is 10.6 Å². The molecule has 2 aliphatic heterocycles. The first-order chi connectivity index (χ1) is 18.4. The lowest BCUT2D eigenvalue weighted by Gasteiger charge is -2.43. The molecule has 0 aromatic heterocycles. The SMILES string of the molecule is CC(OCC1(c2ccccc2)CC[C@H](NC(=O)N2CCCCC2)CN1)c1cc(C(F)(F)F)cc(C(F)(F)F)c1. The number of hydrogen-bond acceptors (Lipinski definition) is 3. The average molecular weight is 558 g/mol. The molecule has 39 heavy (non-hydrogen) atoms. The van der Waals surface area contributed by atoms with Crippen molar-refractivity contribution in [2.45, 2.75) is 69.1 Å². The van der Waals surface area contributed by atoms with Crippen LogP contribution < -0.4 is 10.6 Å². The summed E-state index contributed by atoms with van der Waals surface area (Å²) in [5.41, 5.74) is -2.79. The molecule has 0 bridgehead atoms. The van der Waals surface area contributed by atoms with Crippen molar-refractivity contribution in [2.24, 2.45) is 0 Å². The predicted octanol–water partition coefficient (Wildman–Crippen LogP) is 6.64. The zero-order valence-electron chi connectivity index (χ0n) is 21.7. The summed E-state index contributed by atoms with van der Waals surface area (Å²) in [6, 6.07) is 10.7. The van der Waals surface area contributed by atoms with E-state index in [9.17, 15) is 31.1 Å². The molecule has 214 valence electrons. The van der Waals surface area contributed by atoms with Crippen LogP contribution >= 0.6 is 0 Å². The fourth-order valence-electron chi connectivity index (χ4n) is 5.20. The molecule has 2 aliphatic rings. The molecule has 0 spiro atoms. The minimum absolute atomic E-state index is 0.0164. The summed E-state index contributed by atoms with van der Waals surface area (Å²) in [6.07, 6.45) is -6.64. The first-order valence-corrected chi connectivity index (χ1v) is 13.1. The van der Waals surface area contributed by atoms with E-state index in [0.29, 0.717) is 31.5 Å². The molecule has 3 atom stereocenters. The summed E-state index contributed by atoms with van der Waals surface area (Å²) in [4.78, 5) is 14.5. The molecular weight excluding hydrogens is 524 g/mol. The molecule has 2 aromatic carbocycles. The highest BCUT2D eigenvalue weighted by Crippen LogP contribution is 2.39. The normalized spacial score (nSPS) is 23.4. The Kier molecular flexibility index (Phi) is 8.80. The largest absolute Gasteiger partial charge is 0.416 e. The van der Waals surface area contributed by atoms with E-state index in [4.69, 9.17) is 4.74 Å². The average Bonchev–Trinajstić information content (AvgIpc) is 2.92. The highest BCUT2D eigenvalue weighted by atomic mass is 19.4. The smallest absolute Gasteiger partial charge is 0.372 e. The van der Waals surface area contributed by atoms with Crippen LogP contribution in [0.1, 0.15) is 67.4 Å². The van der Waals surface area contributed by atoms with Gasteiger partial charge in [0.05, 0.1) is 29.4 Å². The van der Waals surface area contributed by atoms with Crippen molar-refractivity contribution in [1.29, 1.82) is 0 Å². The third-order valence-corrected chi connectivity index (χ3v) is 7.56. The Bertz CT molecular complexity index is 1080. The van der Waals surface area contributed by atoms with Crippen molar-refractivity contribution in [2.75, 3.05) is 26.2 Å². The van der Waals surface area contributed by atoms with Gasteiger partial charge in [-0.3, -0.25) is 0 Å². The van der Waals surface area contributed by atoms with Crippen LogP contribution in [0.2, 0.25) is 0 Å². The summed E-state index contributed by atoms with van der Waals surface area (Å²) in [5, 5.41) is 6.55. The van der Waals surface area contributed by atoms with Crippen LogP contribution in [0.4, 0.5) is 31.1 Å². The molecule has 2 saturated heterocycles. The molecule has 2 amide bonds. The van der Waals surface area contributed by atoms with Gasteiger partial charge in [-0.05, 0) is 68.4 Å². The Balaban J connectivity index is 1.48. The molecule has 2 fully saturated rings. The number of carbonyl (C=O) groups excluding carboxylic acids is 1. The lowest BCUT2D eigenvalue weighted by molar-refractivity contribution is -0.143. The van der Waals surface area contributed by atoms with E-state index >= 15 is 0 Å². The van der Waals surface area contributed by atoms with E-state index < -0.39 is 35.1 Å². The lowest BCUT2D eigenvalue weighted by Crippen LogP contribution is -2.58. The summed E-state index contributed by atoms with van der Waals surface area (Å²) >= 11 is 0. The molecule has 0 aliphatic carbocycles. The van der Waals surface area contributed by atoms with Crippen molar-refractivity contribution in [1.82, 2.24) is 15.5 Å². The van der Waals surface area contributed by atoms with Gasteiger partial charge in [0.15, 0.2) is 0 Å². The maximum atomic E-state index is 13.4. The first kappa shape index (κ1) is 29.2. The molecule has 4 rings (SSSR count). The Labute approximate surface area is 223 Å². The lowest BCUT2D eigenvalue weighted by atomic mass is 9.81. The van der Waals surface area contributed by atoms with Gasteiger partial charge in [0.25, 0.3) is 0 Å². The van der Waals surface area contributed by atoms with Crippen LogP contribution in [0.15, 0.2) is 48.5 Å². The Morgan fingerprint density at radius 1 is 1.03 bits per heavy atom. The number of ether oxygens (including phenoxy) is 1. The molecule has 5 nitrogen and oxygen atoms in total. The second-order valence-electron chi connectivity index (χ2n) is 10.4. The van der Waals surface area contributed by atoms with Crippen LogP contribution in [0.5, 0.6) is 0 Å². The van der Waals surface area contributed by atoms with Crippen LogP contribution in [0.25, 0.3) is 0 Å². The van der Waals surface area contributed by atoms with Gasteiger partial charge in [-0.15, -0.1) is 0 Å². The number of halogens is 6. The zero-order valence-corrected chi connectivity index (χ0v) is 21.7. The van der Waals surface area contributed by atoms with E-state index in [0.717, 1.165) is 37.9 Å². The molecule has 11 heteroatoms. The Morgan fingerprint density at radius 3 is 2.18 bits per heavy atom. The number of hydrogen-bond donors (Lipinski definition) is 2. The van der Waals surface area contributed by atoms with Crippen molar-refractivity contribution in [3.05, 3.63) is 70.8 Å². The third-order valence-electron chi connectivity index (χ3n) is 7.56. The minimum Gasteiger partial charge on any atom is -0.372 e. The van der Waals surface area contributed by atoms with Gasteiger partial charge in [0.2, 0.25) is 0 Å². The van der Waals surface area contributed by atoms with Crippen molar-refractivity contribution >= 4 is 6.03 Å². The highest BCUT2D eigenvalue weighted by Gasteiger charge is 2.40. The summed E-state index contributed by atoms with van der Waals surface area (Å²) in [6.45, 7) is 3.36. The number of carbonyl (C=O) groups is 1. The first-order valence-electron chi connectivity index (χ1n) is 13.1. The molecule has 2 N–H and O–H groups in total. The van der Waals surface area contributed by atoms with Gasteiger partial charge in [0, 0.05) is 25.7 Å². The number of rotatable bonds is 6. The van der Waals surface area contributed by atoms with Gasteiger partial charge in [-0.25, -0.2) is 4.79 Å². The molecular formula is C28H33F6N3O2. The molecule has 0 radical (unpaired) electrons. The second kappa shape index (κ2) is 11.8. The summed E-state index contributed by atoms with van der Waals surface area (Å²) in [5.74, 6) is 0. The van der Waals surface area contributed by atoms with Crippen LogP contribution in [-0.4, -0.2) is 43.2 Å². The Hall–Kier alpha value is -2.79. The van der Waals surface area contributed by atoms with Crippen molar-refractivity contribution in [3.63, 3.8) is 0 Å². The van der Waals surface area contributed by atoms with E-state index in [1.54, 1.807) is 0 Å². The molecule has 0 saturated carbocycles. The monoisotopic (exact) mass is 557 g/mol. The fraction of sp³-hybridized carbons (Fsp3) is 0.536. The number of urea groups is 1. The maximum Gasteiger partial charge on any atom is 0.416 e. The Morgan fingerprint density at radius 2 is 1.64 bits per heavy atom. The van der Waals surface area contributed by atoms with E-state index in [-0.39, 0.29) is 30.3 Å². The van der Waals surface area contributed by atoms with Gasteiger partial charge in [-0.2, -0.15) is 26.3 Å². The number of piperidine rings is 2. The highest BCUT2D eigenvalue weighted by molar-refractivity contribution is 5.74. The van der Waals surface area contributed by atoms with Crippen LogP contribution in [0, 0.1) is 0 Å². The molecule has 2 heterocycles. The third kappa shape index (κ3) is 7.25. The quantitative estimate of drug-likeness (QED) is 0.392. The summed E-state index contributed by atoms with van der Waals surface area (Å²) in [7, 11) is 0. The van der Waals surface area contributed by atoms with Gasteiger partial charge >= 0.3 is 18.4 Å². The van der Waals surface area contributed by atoms with E-state index in [1.807, 2.05) is 35.2 Å². The van der Waals surface area contributed by atoms with E-state index in [1.165, 1.54) is 6.92 Å². The topological polar surface area (TPSA) is 53.6 Å². The summed E-state index contributed by atoms with van der Waals surface area (Å²) < 4.78 is 86.1. The van der Waals surface area contributed by atoms with Crippen LogP contribution in [-0.2, 0) is 22.6 Å². The van der Waals surface area contributed by atoms with Crippen molar-refractivity contribution in [3.8, 4) is 0 Å². The number of likely N-dealkylation sites (tertiary alicyclic amines) is 1. The zero-order chi connectivity index (χ0) is 28.3. The molecule has 2 aromatic rings. The molecule has 2 unspecified atom stereocenters. The van der Waals surface area contributed by atoms with Gasteiger partial charge in [-0.1, -0.05) is 30.3 Å². The number of benzene rings is 2. The predicted molar refractivity (Wildman–Crippen MR) is 134 cm³/mol. The van der Waals surface area contributed by atoms with Gasteiger partial charge < -0.3 is 20.3 Å². The van der Waals surface area contributed by atoms with Gasteiger partial charge in [0.1, 0.15) is 0 Å². The number of amides is 2. The second-order valence-corrected chi connectivity index (χ2v) is 10.4. The van der Waals surface area contributed by atoms with Crippen LogP contribution in [0.3, 0.4) is 0 Å². The fourth-order valence-corrected chi connectivity index (χ4v) is 5.20. The number of nitrogens with zero attached hydrogens (tertiary/aromatic N) is 1.